The van der Waals surface area contributed by atoms with Crippen LogP contribution in [0.1, 0.15) is 5.56 Å². The fourth-order valence-corrected chi connectivity index (χ4v) is 4.61. The fourth-order valence-electron chi connectivity index (χ4n) is 1.40. The van der Waals surface area contributed by atoms with Gasteiger partial charge in [0.15, 0.2) is 0 Å². The summed E-state index contributed by atoms with van der Waals surface area (Å²) in [6, 6.07) is 7.68. The first-order chi connectivity index (χ1) is 8.92. The van der Waals surface area contributed by atoms with Crippen molar-refractivity contribution in [3.05, 3.63) is 44.6 Å². The van der Waals surface area contributed by atoms with E-state index in [0.29, 0.717) is 15.6 Å². The van der Waals surface area contributed by atoms with Crippen molar-refractivity contribution < 1.29 is 13.5 Å². The molecule has 19 heavy (non-hydrogen) atoms. The zero-order valence-electron chi connectivity index (χ0n) is 9.43. The molecule has 0 saturated heterocycles. The van der Waals surface area contributed by atoms with Gasteiger partial charge >= 0.3 is 0 Å². The normalized spacial score (nSPS) is 11.5. The first-order valence-corrected chi connectivity index (χ1v) is 8.15. The van der Waals surface area contributed by atoms with E-state index in [0.717, 1.165) is 11.3 Å². The monoisotopic (exact) mass is 337 g/mol. The summed E-state index contributed by atoms with van der Waals surface area (Å²) in [6.45, 7) is -0.0982. The van der Waals surface area contributed by atoms with Crippen LogP contribution in [-0.4, -0.2) is 13.5 Å². The molecular formula is C11H9Cl2NO3S2. The van der Waals surface area contributed by atoms with E-state index in [1.54, 1.807) is 24.3 Å². The number of nitrogens with one attached hydrogen (secondary N) is 1. The van der Waals surface area contributed by atoms with Gasteiger partial charge in [-0.05, 0) is 23.8 Å². The zero-order chi connectivity index (χ0) is 14.0. The molecule has 0 fully saturated rings. The van der Waals surface area contributed by atoms with Gasteiger partial charge in [-0.2, -0.15) is 0 Å². The largest absolute Gasteiger partial charge is 0.392 e. The Morgan fingerprint density at radius 1 is 1.21 bits per heavy atom. The minimum atomic E-state index is -3.76. The smallest absolute Gasteiger partial charge is 0.264 e. The molecule has 0 aliphatic carbocycles. The number of thiophene rings is 1. The standard InChI is InChI=1S/C11H9Cl2NO3S2/c12-10-5-9(11(13)18-10)19(16,17)14-8-3-1-7(6-15)2-4-8/h1-5,14-15H,6H2. The summed E-state index contributed by atoms with van der Waals surface area (Å²) in [5.74, 6) is 0. The van der Waals surface area contributed by atoms with Crippen LogP contribution >= 0.6 is 34.5 Å². The Balaban J connectivity index is 2.28. The van der Waals surface area contributed by atoms with Crippen molar-refractivity contribution in [2.45, 2.75) is 11.5 Å². The summed E-state index contributed by atoms with van der Waals surface area (Å²) in [7, 11) is -3.76. The van der Waals surface area contributed by atoms with Gasteiger partial charge in [-0.1, -0.05) is 35.3 Å². The summed E-state index contributed by atoms with van der Waals surface area (Å²) < 4.78 is 27.0. The van der Waals surface area contributed by atoms with E-state index in [2.05, 4.69) is 4.72 Å². The van der Waals surface area contributed by atoms with Crippen LogP contribution in [0.3, 0.4) is 0 Å². The molecule has 1 aromatic carbocycles. The third-order valence-electron chi connectivity index (χ3n) is 2.30. The van der Waals surface area contributed by atoms with Crippen LogP contribution < -0.4 is 4.72 Å². The molecule has 2 rings (SSSR count). The van der Waals surface area contributed by atoms with Crippen molar-refractivity contribution in [1.29, 1.82) is 0 Å². The highest BCUT2D eigenvalue weighted by atomic mass is 35.5. The lowest BCUT2D eigenvalue weighted by molar-refractivity contribution is 0.282. The summed E-state index contributed by atoms with van der Waals surface area (Å²) in [6.07, 6.45) is 0. The van der Waals surface area contributed by atoms with Crippen molar-refractivity contribution in [2.75, 3.05) is 4.72 Å². The van der Waals surface area contributed by atoms with Crippen LogP contribution in [0.2, 0.25) is 8.67 Å². The van der Waals surface area contributed by atoms with E-state index in [1.807, 2.05) is 0 Å². The van der Waals surface area contributed by atoms with Crippen LogP contribution in [0.4, 0.5) is 5.69 Å². The topological polar surface area (TPSA) is 66.4 Å². The van der Waals surface area contributed by atoms with Gasteiger partial charge in [0.2, 0.25) is 0 Å². The lowest BCUT2D eigenvalue weighted by Gasteiger charge is -2.07. The highest BCUT2D eigenvalue weighted by Gasteiger charge is 2.20. The molecule has 0 unspecified atom stereocenters. The second-order valence-electron chi connectivity index (χ2n) is 3.65. The van der Waals surface area contributed by atoms with E-state index in [-0.39, 0.29) is 15.8 Å². The molecule has 1 aromatic heterocycles. The molecule has 102 valence electrons. The lowest BCUT2D eigenvalue weighted by Crippen LogP contribution is -2.12. The number of sulfonamides is 1. The van der Waals surface area contributed by atoms with Crippen LogP contribution in [0.15, 0.2) is 35.2 Å². The first-order valence-electron chi connectivity index (χ1n) is 5.10. The minimum absolute atomic E-state index is 0.0459. The second-order valence-corrected chi connectivity index (χ2v) is 7.59. The van der Waals surface area contributed by atoms with Crippen molar-refractivity contribution in [3.8, 4) is 0 Å². The van der Waals surface area contributed by atoms with Crippen molar-refractivity contribution in [2.24, 2.45) is 0 Å². The molecule has 0 radical (unpaired) electrons. The first kappa shape index (κ1) is 14.6. The van der Waals surface area contributed by atoms with E-state index in [1.165, 1.54) is 6.07 Å². The Morgan fingerprint density at radius 3 is 2.32 bits per heavy atom. The van der Waals surface area contributed by atoms with Gasteiger partial charge in [-0.3, -0.25) is 4.72 Å². The molecule has 2 aromatic rings. The third kappa shape index (κ3) is 3.40. The molecule has 0 amide bonds. The molecule has 0 aliphatic heterocycles. The highest BCUT2D eigenvalue weighted by Crippen LogP contribution is 2.35. The van der Waals surface area contributed by atoms with E-state index < -0.39 is 10.0 Å². The predicted molar refractivity (Wildman–Crippen MR) is 77.5 cm³/mol. The van der Waals surface area contributed by atoms with Crippen LogP contribution in [0.25, 0.3) is 0 Å². The van der Waals surface area contributed by atoms with Gasteiger partial charge in [0.05, 0.1) is 10.9 Å². The lowest BCUT2D eigenvalue weighted by atomic mass is 10.2. The van der Waals surface area contributed by atoms with Gasteiger partial charge in [0.1, 0.15) is 9.23 Å². The van der Waals surface area contributed by atoms with Gasteiger partial charge < -0.3 is 5.11 Å². The van der Waals surface area contributed by atoms with Gasteiger partial charge in [0, 0.05) is 5.69 Å². The number of rotatable bonds is 4. The molecule has 8 heteroatoms. The van der Waals surface area contributed by atoms with Crippen molar-refractivity contribution in [1.82, 2.24) is 0 Å². The van der Waals surface area contributed by atoms with Crippen molar-refractivity contribution >= 4 is 50.2 Å². The Morgan fingerprint density at radius 2 is 1.84 bits per heavy atom. The minimum Gasteiger partial charge on any atom is -0.392 e. The number of benzene rings is 1. The molecule has 0 spiro atoms. The number of aliphatic hydroxyl groups is 1. The SMILES string of the molecule is O=S(=O)(Nc1ccc(CO)cc1)c1cc(Cl)sc1Cl. The fraction of sp³-hybridized carbons (Fsp3) is 0.0909. The number of halogens is 2. The van der Waals surface area contributed by atoms with Crippen LogP contribution in [0, 0.1) is 0 Å². The van der Waals surface area contributed by atoms with Gasteiger partial charge in [-0.15, -0.1) is 11.3 Å². The zero-order valence-corrected chi connectivity index (χ0v) is 12.6. The molecule has 0 atom stereocenters. The molecule has 2 N–H and O–H groups in total. The Bertz CT molecular complexity index is 680. The molecular weight excluding hydrogens is 329 g/mol. The number of hydrogen-bond donors (Lipinski definition) is 2. The maximum absolute atomic E-state index is 12.1. The average Bonchev–Trinajstić information content (AvgIpc) is 2.70. The van der Waals surface area contributed by atoms with Crippen LogP contribution in [-0.2, 0) is 16.6 Å². The quantitative estimate of drug-likeness (QED) is 0.898. The molecule has 1 heterocycles. The van der Waals surface area contributed by atoms with E-state index >= 15 is 0 Å². The summed E-state index contributed by atoms with van der Waals surface area (Å²) in [4.78, 5) is -0.0459. The van der Waals surface area contributed by atoms with E-state index in [9.17, 15) is 8.42 Å². The van der Waals surface area contributed by atoms with E-state index in [4.69, 9.17) is 28.3 Å². The molecule has 0 bridgehead atoms. The maximum atomic E-state index is 12.1. The summed E-state index contributed by atoms with van der Waals surface area (Å²) in [5, 5.41) is 8.91. The molecule has 4 nitrogen and oxygen atoms in total. The number of anilines is 1. The Hall–Kier alpha value is -0.790. The number of hydrogen-bond acceptors (Lipinski definition) is 4. The second kappa shape index (κ2) is 5.68. The summed E-state index contributed by atoms with van der Waals surface area (Å²) in [5.41, 5.74) is 1.08. The Labute approximate surface area is 124 Å². The highest BCUT2D eigenvalue weighted by molar-refractivity contribution is 7.93. The maximum Gasteiger partial charge on any atom is 0.264 e. The predicted octanol–water partition coefficient (Wildman–Crippen LogP) is 3.35. The molecule has 0 aliphatic rings. The third-order valence-corrected chi connectivity index (χ3v) is 5.44. The Kier molecular flexibility index (Phi) is 4.37. The average molecular weight is 338 g/mol. The van der Waals surface area contributed by atoms with Crippen LogP contribution in [0.5, 0.6) is 0 Å². The summed E-state index contributed by atoms with van der Waals surface area (Å²) >= 11 is 12.5. The van der Waals surface area contributed by atoms with Gasteiger partial charge in [-0.25, -0.2) is 8.42 Å². The van der Waals surface area contributed by atoms with Crippen molar-refractivity contribution in [3.63, 3.8) is 0 Å². The number of aliphatic hydroxyl groups excluding tert-OH is 1. The van der Waals surface area contributed by atoms with Gasteiger partial charge in [0.25, 0.3) is 10.0 Å². The molecule has 0 saturated carbocycles.